The predicted molar refractivity (Wildman–Crippen MR) is 66.3 cm³/mol. The van der Waals surface area contributed by atoms with Crippen LogP contribution in [0.3, 0.4) is 0 Å². The van der Waals surface area contributed by atoms with E-state index in [2.05, 4.69) is 26.6 Å². The van der Waals surface area contributed by atoms with Crippen LogP contribution >= 0.6 is 0 Å². The first kappa shape index (κ1) is 14.2. The Kier molecular flexibility index (Phi) is 5.98. The van der Waals surface area contributed by atoms with Crippen molar-refractivity contribution in [1.82, 2.24) is 0 Å². The molecular formula is C10H24O2SSi. The number of unbranched alkanes of at least 4 members (excludes halogenated alkanes) is 2. The van der Waals surface area contributed by atoms with E-state index in [0.717, 1.165) is 25.3 Å². The fraction of sp³-hybridized carbons (Fsp3) is 1.00. The van der Waals surface area contributed by atoms with Gasteiger partial charge in [0.1, 0.15) is 9.84 Å². The SMILES string of the molecule is CCCCCS(=O)(=O)CC[Si](C)(C)C. The summed E-state index contributed by atoms with van der Waals surface area (Å²) in [6.07, 6.45) is 2.96. The molecule has 0 unspecified atom stereocenters. The van der Waals surface area contributed by atoms with Crippen LogP contribution in [0, 0.1) is 0 Å². The molecule has 0 amide bonds. The average molecular weight is 236 g/mol. The zero-order chi connectivity index (χ0) is 11.2. The number of sulfone groups is 1. The normalized spacial score (nSPS) is 13.1. The smallest absolute Gasteiger partial charge is 0.150 e. The Hall–Kier alpha value is 0.167. The van der Waals surface area contributed by atoms with Gasteiger partial charge in [0.15, 0.2) is 0 Å². The highest BCUT2D eigenvalue weighted by Crippen LogP contribution is 2.11. The van der Waals surface area contributed by atoms with Gasteiger partial charge in [-0.05, 0) is 12.5 Å². The van der Waals surface area contributed by atoms with Crippen molar-refractivity contribution in [2.45, 2.75) is 51.9 Å². The zero-order valence-electron chi connectivity index (χ0n) is 9.97. The van der Waals surface area contributed by atoms with Crippen molar-refractivity contribution < 1.29 is 8.42 Å². The molecule has 0 rings (SSSR count). The molecule has 0 fully saturated rings. The molecular weight excluding hydrogens is 212 g/mol. The van der Waals surface area contributed by atoms with Crippen LogP contribution in [0.15, 0.2) is 0 Å². The molecule has 86 valence electrons. The van der Waals surface area contributed by atoms with E-state index in [1.807, 2.05) is 0 Å². The lowest BCUT2D eigenvalue weighted by Gasteiger charge is -2.15. The maximum Gasteiger partial charge on any atom is 0.150 e. The van der Waals surface area contributed by atoms with Crippen molar-refractivity contribution in [3.05, 3.63) is 0 Å². The molecule has 2 nitrogen and oxygen atoms in total. The second-order valence-electron chi connectivity index (χ2n) is 5.17. The monoisotopic (exact) mass is 236 g/mol. The molecule has 0 N–H and O–H groups in total. The van der Waals surface area contributed by atoms with Crippen molar-refractivity contribution in [3.63, 3.8) is 0 Å². The lowest BCUT2D eigenvalue weighted by molar-refractivity contribution is 0.592. The maximum atomic E-state index is 11.6. The van der Waals surface area contributed by atoms with Gasteiger partial charge in [-0.25, -0.2) is 8.42 Å². The van der Waals surface area contributed by atoms with Crippen LogP contribution < -0.4 is 0 Å². The minimum absolute atomic E-state index is 0.394. The second-order valence-corrected chi connectivity index (χ2v) is 13.1. The average Bonchev–Trinajstić information content (AvgIpc) is 2.00. The molecule has 0 aromatic carbocycles. The third-order valence-corrected chi connectivity index (χ3v) is 6.07. The van der Waals surface area contributed by atoms with Crippen LogP contribution in [0.2, 0.25) is 25.7 Å². The molecule has 0 bridgehead atoms. The van der Waals surface area contributed by atoms with E-state index in [-0.39, 0.29) is 0 Å². The highest BCUT2D eigenvalue weighted by atomic mass is 32.2. The van der Waals surface area contributed by atoms with E-state index in [9.17, 15) is 8.42 Å². The van der Waals surface area contributed by atoms with Gasteiger partial charge in [-0.3, -0.25) is 0 Å². The molecule has 0 radical (unpaired) electrons. The van der Waals surface area contributed by atoms with Crippen LogP contribution in [0.4, 0.5) is 0 Å². The topological polar surface area (TPSA) is 34.1 Å². The summed E-state index contributed by atoms with van der Waals surface area (Å²) >= 11 is 0. The summed E-state index contributed by atoms with van der Waals surface area (Å²) in [6.45, 7) is 8.74. The van der Waals surface area contributed by atoms with E-state index < -0.39 is 17.9 Å². The number of hydrogen-bond donors (Lipinski definition) is 0. The van der Waals surface area contributed by atoms with E-state index in [0.29, 0.717) is 11.5 Å². The lowest BCUT2D eigenvalue weighted by atomic mass is 10.3. The summed E-state index contributed by atoms with van der Waals surface area (Å²) in [5.41, 5.74) is 0. The van der Waals surface area contributed by atoms with E-state index in [1.165, 1.54) is 0 Å². The summed E-state index contributed by atoms with van der Waals surface area (Å²) in [4.78, 5) is 0. The summed E-state index contributed by atoms with van der Waals surface area (Å²) in [5, 5.41) is 0. The van der Waals surface area contributed by atoms with Gasteiger partial charge in [-0.1, -0.05) is 39.4 Å². The van der Waals surface area contributed by atoms with Gasteiger partial charge in [-0.2, -0.15) is 0 Å². The standard InChI is InChI=1S/C10H24O2SSi/c1-5-6-7-8-13(11,12)9-10-14(2,3)4/h5-10H2,1-4H3. The highest BCUT2D eigenvalue weighted by Gasteiger charge is 2.18. The van der Waals surface area contributed by atoms with Crippen molar-refractivity contribution in [2.24, 2.45) is 0 Å². The van der Waals surface area contributed by atoms with Gasteiger partial charge < -0.3 is 0 Å². The van der Waals surface area contributed by atoms with E-state index in [4.69, 9.17) is 0 Å². The van der Waals surface area contributed by atoms with E-state index >= 15 is 0 Å². The number of rotatable bonds is 7. The Balaban J connectivity index is 3.85. The Bertz CT molecular complexity index is 239. The fourth-order valence-corrected chi connectivity index (χ4v) is 5.68. The molecule has 0 saturated heterocycles. The molecule has 14 heavy (non-hydrogen) atoms. The summed E-state index contributed by atoms with van der Waals surface area (Å²) in [7, 11) is -3.95. The maximum absolute atomic E-state index is 11.6. The molecule has 0 aliphatic carbocycles. The minimum atomic E-state index is -2.75. The van der Waals surface area contributed by atoms with Crippen molar-refractivity contribution >= 4 is 17.9 Å². The Morgan fingerprint density at radius 3 is 2.00 bits per heavy atom. The first-order valence-corrected chi connectivity index (χ1v) is 11.0. The van der Waals surface area contributed by atoms with Crippen molar-refractivity contribution in [3.8, 4) is 0 Å². The Morgan fingerprint density at radius 2 is 1.57 bits per heavy atom. The van der Waals surface area contributed by atoms with Crippen LogP contribution in [0.5, 0.6) is 0 Å². The van der Waals surface area contributed by atoms with Gasteiger partial charge in [0.2, 0.25) is 0 Å². The molecule has 0 aromatic heterocycles. The van der Waals surface area contributed by atoms with Crippen molar-refractivity contribution in [2.75, 3.05) is 11.5 Å². The van der Waals surface area contributed by atoms with Crippen molar-refractivity contribution in [1.29, 1.82) is 0 Å². The Labute approximate surface area is 90.0 Å². The predicted octanol–water partition coefficient (Wildman–Crippen LogP) is 2.93. The molecule has 0 heterocycles. The summed E-state index contributed by atoms with van der Waals surface area (Å²) in [6, 6.07) is 0.904. The second kappa shape index (κ2) is 5.91. The van der Waals surface area contributed by atoms with E-state index in [1.54, 1.807) is 0 Å². The summed E-state index contributed by atoms with van der Waals surface area (Å²) < 4.78 is 23.1. The van der Waals surface area contributed by atoms with Gasteiger partial charge in [0, 0.05) is 13.8 Å². The molecule has 4 heteroatoms. The van der Waals surface area contributed by atoms with Crippen LogP contribution in [0.1, 0.15) is 26.2 Å². The number of hydrogen-bond acceptors (Lipinski definition) is 2. The molecule has 0 saturated carbocycles. The minimum Gasteiger partial charge on any atom is -0.229 e. The van der Waals surface area contributed by atoms with Crippen LogP contribution in [0.25, 0.3) is 0 Å². The zero-order valence-corrected chi connectivity index (χ0v) is 11.8. The first-order chi connectivity index (χ1) is 6.27. The lowest BCUT2D eigenvalue weighted by Crippen LogP contribution is -2.24. The third-order valence-electron chi connectivity index (χ3n) is 2.22. The van der Waals surface area contributed by atoms with Crippen LogP contribution in [-0.2, 0) is 9.84 Å². The third kappa shape index (κ3) is 8.75. The molecule has 0 atom stereocenters. The van der Waals surface area contributed by atoms with Gasteiger partial charge in [0.25, 0.3) is 0 Å². The molecule has 0 aromatic rings. The molecule has 0 aliphatic rings. The van der Waals surface area contributed by atoms with Gasteiger partial charge >= 0.3 is 0 Å². The van der Waals surface area contributed by atoms with Crippen LogP contribution in [-0.4, -0.2) is 28.0 Å². The molecule has 0 spiro atoms. The quantitative estimate of drug-likeness (QED) is 0.503. The fourth-order valence-electron chi connectivity index (χ4n) is 1.14. The Morgan fingerprint density at radius 1 is 1.00 bits per heavy atom. The highest BCUT2D eigenvalue weighted by molar-refractivity contribution is 7.91. The van der Waals surface area contributed by atoms with Gasteiger partial charge in [-0.15, -0.1) is 0 Å². The molecule has 0 aliphatic heterocycles. The van der Waals surface area contributed by atoms with Gasteiger partial charge in [0.05, 0.1) is 5.75 Å². The largest absolute Gasteiger partial charge is 0.229 e. The first-order valence-electron chi connectivity index (χ1n) is 5.47. The summed E-state index contributed by atoms with van der Waals surface area (Å²) in [5.74, 6) is 0.803.